The minimum Gasteiger partial charge on any atom is -0.508 e. The van der Waals surface area contributed by atoms with Gasteiger partial charge in [-0.3, -0.25) is 0 Å². The van der Waals surface area contributed by atoms with Crippen molar-refractivity contribution in [2.75, 3.05) is 4.43 Å². The molecule has 0 aromatic heterocycles. The van der Waals surface area contributed by atoms with E-state index in [0.29, 0.717) is 5.56 Å². The molecule has 0 saturated carbocycles. The summed E-state index contributed by atoms with van der Waals surface area (Å²) in [5.41, 5.74) is 0.487. The Morgan fingerprint density at radius 3 is 2.53 bits per heavy atom. The number of ether oxygens (including phenoxy) is 1. The van der Waals surface area contributed by atoms with E-state index in [4.69, 9.17) is 4.74 Å². The van der Waals surface area contributed by atoms with E-state index in [1.165, 1.54) is 31.4 Å². The first-order valence-corrected chi connectivity index (χ1v) is 8.26. The largest absolute Gasteiger partial charge is 0.508 e. The number of aromatic hydroxyl groups is 1. The fourth-order valence-electron chi connectivity index (χ4n) is 1.78. The van der Waals surface area contributed by atoms with Crippen LogP contribution in [0.3, 0.4) is 0 Å². The zero-order valence-corrected chi connectivity index (χ0v) is 13.4. The van der Waals surface area contributed by atoms with E-state index < -0.39 is 0 Å². The average molecular weight is 376 g/mol. The smallest absolute Gasteiger partial charge is 0.338 e. The SMILES string of the molecule is CCCCCCC(CI)OC(=O)c1ccc(O)cc1. The van der Waals surface area contributed by atoms with E-state index in [-0.39, 0.29) is 17.8 Å². The zero-order chi connectivity index (χ0) is 14.1. The third kappa shape index (κ3) is 6.27. The van der Waals surface area contributed by atoms with E-state index in [1.807, 2.05) is 0 Å². The summed E-state index contributed by atoms with van der Waals surface area (Å²) in [6.07, 6.45) is 5.65. The highest BCUT2D eigenvalue weighted by Crippen LogP contribution is 2.15. The molecule has 1 aromatic rings. The molecule has 1 aromatic carbocycles. The van der Waals surface area contributed by atoms with Gasteiger partial charge in [0.2, 0.25) is 0 Å². The minimum absolute atomic E-state index is 0.0150. The first kappa shape index (κ1) is 16.3. The Morgan fingerprint density at radius 2 is 1.95 bits per heavy atom. The van der Waals surface area contributed by atoms with Crippen LogP contribution in [0.25, 0.3) is 0 Å². The van der Waals surface area contributed by atoms with Gasteiger partial charge in [0, 0.05) is 4.43 Å². The van der Waals surface area contributed by atoms with Crippen molar-refractivity contribution in [2.24, 2.45) is 0 Å². The molecule has 0 saturated heterocycles. The highest BCUT2D eigenvalue weighted by atomic mass is 127. The molecule has 1 N–H and O–H groups in total. The maximum atomic E-state index is 11.9. The van der Waals surface area contributed by atoms with E-state index >= 15 is 0 Å². The number of benzene rings is 1. The Balaban J connectivity index is 2.42. The van der Waals surface area contributed by atoms with Crippen LogP contribution in [0.1, 0.15) is 49.4 Å². The molecule has 19 heavy (non-hydrogen) atoms. The molecule has 0 aliphatic carbocycles. The number of carbonyl (C=O) groups is 1. The number of hydrogen-bond donors (Lipinski definition) is 1. The molecular weight excluding hydrogens is 355 g/mol. The normalized spacial score (nSPS) is 12.1. The van der Waals surface area contributed by atoms with Crippen LogP contribution in [0, 0.1) is 0 Å². The molecule has 106 valence electrons. The van der Waals surface area contributed by atoms with Crippen LogP contribution < -0.4 is 0 Å². The van der Waals surface area contributed by atoms with Gasteiger partial charge in [-0.1, -0.05) is 48.8 Å². The maximum Gasteiger partial charge on any atom is 0.338 e. The topological polar surface area (TPSA) is 46.5 Å². The van der Waals surface area contributed by atoms with Crippen molar-refractivity contribution in [2.45, 2.75) is 45.1 Å². The number of alkyl halides is 1. The molecule has 1 unspecified atom stereocenters. The summed E-state index contributed by atoms with van der Waals surface area (Å²) in [4.78, 5) is 11.9. The van der Waals surface area contributed by atoms with Crippen LogP contribution in [0.2, 0.25) is 0 Å². The second kappa shape index (κ2) is 9.18. The summed E-state index contributed by atoms with van der Waals surface area (Å²) in [5, 5.41) is 9.18. The predicted molar refractivity (Wildman–Crippen MR) is 85.0 cm³/mol. The molecule has 0 radical (unpaired) electrons. The molecule has 1 rings (SSSR count). The lowest BCUT2D eigenvalue weighted by atomic mass is 10.1. The standard InChI is InChI=1S/C15H21IO3/c1-2-3-4-5-6-14(11-16)19-15(18)12-7-9-13(17)10-8-12/h7-10,14,17H,2-6,11H2,1H3. The maximum absolute atomic E-state index is 11.9. The molecule has 0 fully saturated rings. The Hall–Kier alpha value is -0.780. The van der Waals surface area contributed by atoms with Crippen LogP contribution in [-0.2, 0) is 4.74 Å². The van der Waals surface area contributed by atoms with Crippen molar-refractivity contribution in [1.82, 2.24) is 0 Å². The summed E-state index contributed by atoms with van der Waals surface area (Å²) in [5.74, 6) is -0.154. The van der Waals surface area contributed by atoms with Gasteiger partial charge in [-0.05, 0) is 37.1 Å². The van der Waals surface area contributed by atoms with Gasteiger partial charge < -0.3 is 9.84 Å². The Morgan fingerprint density at radius 1 is 1.26 bits per heavy atom. The fraction of sp³-hybridized carbons (Fsp3) is 0.533. The van der Waals surface area contributed by atoms with Gasteiger partial charge in [-0.2, -0.15) is 0 Å². The third-order valence-corrected chi connectivity index (χ3v) is 3.91. The molecule has 0 heterocycles. The number of rotatable bonds is 8. The van der Waals surface area contributed by atoms with Crippen molar-refractivity contribution in [3.63, 3.8) is 0 Å². The van der Waals surface area contributed by atoms with Crippen molar-refractivity contribution in [3.05, 3.63) is 29.8 Å². The van der Waals surface area contributed by atoms with Crippen molar-refractivity contribution < 1.29 is 14.6 Å². The molecule has 0 spiro atoms. The first-order valence-electron chi connectivity index (χ1n) is 6.73. The summed E-state index contributed by atoms with van der Waals surface area (Å²) < 4.78 is 6.29. The number of hydrogen-bond acceptors (Lipinski definition) is 3. The van der Waals surface area contributed by atoms with Crippen LogP contribution in [-0.4, -0.2) is 21.6 Å². The van der Waals surface area contributed by atoms with E-state index in [2.05, 4.69) is 29.5 Å². The number of unbranched alkanes of at least 4 members (excludes halogenated alkanes) is 3. The van der Waals surface area contributed by atoms with Crippen LogP contribution in [0.5, 0.6) is 5.75 Å². The first-order chi connectivity index (χ1) is 9.17. The molecule has 0 aliphatic heterocycles. The second-order valence-electron chi connectivity index (χ2n) is 4.58. The van der Waals surface area contributed by atoms with Gasteiger partial charge in [-0.15, -0.1) is 0 Å². The number of carbonyl (C=O) groups excluding carboxylic acids is 1. The molecule has 0 amide bonds. The van der Waals surface area contributed by atoms with E-state index in [1.54, 1.807) is 12.1 Å². The van der Waals surface area contributed by atoms with Gasteiger partial charge in [-0.25, -0.2) is 4.79 Å². The van der Waals surface area contributed by atoms with Crippen LogP contribution >= 0.6 is 22.6 Å². The molecule has 1 atom stereocenters. The average Bonchev–Trinajstić information content (AvgIpc) is 2.42. The zero-order valence-electron chi connectivity index (χ0n) is 11.3. The molecule has 0 aliphatic rings. The van der Waals surface area contributed by atoms with E-state index in [0.717, 1.165) is 17.3 Å². The number of phenols is 1. The monoisotopic (exact) mass is 376 g/mol. The highest BCUT2D eigenvalue weighted by molar-refractivity contribution is 14.1. The molecule has 3 nitrogen and oxygen atoms in total. The third-order valence-electron chi connectivity index (χ3n) is 2.93. The van der Waals surface area contributed by atoms with Crippen LogP contribution in [0.4, 0.5) is 0 Å². The Bertz CT molecular complexity index is 375. The van der Waals surface area contributed by atoms with Gasteiger partial charge in [0.05, 0.1) is 5.56 Å². The number of halogens is 1. The number of esters is 1. The molecular formula is C15H21IO3. The Labute approximate surface area is 128 Å². The van der Waals surface area contributed by atoms with Gasteiger partial charge in [0.15, 0.2) is 0 Å². The summed E-state index contributed by atoms with van der Waals surface area (Å²) in [6.45, 7) is 2.18. The lowest BCUT2D eigenvalue weighted by Crippen LogP contribution is -2.19. The van der Waals surface area contributed by atoms with Gasteiger partial charge >= 0.3 is 5.97 Å². The van der Waals surface area contributed by atoms with Crippen LogP contribution in [0.15, 0.2) is 24.3 Å². The second-order valence-corrected chi connectivity index (χ2v) is 5.46. The lowest BCUT2D eigenvalue weighted by molar-refractivity contribution is 0.0335. The molecule has 4 heteroatoms. The predicted octanol–water partition coefficient (Wildman–Crippen LogP) is 4.32. The minimum atomic E-state index is -0.308. The van der Waals surface area contributed by atoms with Gasteiger partial charge in [0.1, 0.15) is 11.9 Å². The molecule has 0 bridgehead atoms. The highest BCUT2D eigenvalue weighted by Gasteiger charge is 2.14. The Kier molecular flexibility index (Phi) is 7.86. The van der Waals surface area contributed by atoms with Gasteiger partial charge in [0.25, 0.3) is 0 Å². The van der Waals surface area contributed by atoms with Crippen molar-refractivity contribution >= 4 is 28.6 Å². The quantitative estimate of drug-likeness (QED) is 0.318. The summed E-state index contributed by atoms with van der Waals surface area (Å²) in [7, 11) is 0. The van der Waals surface area contributed by atoms with E-state index in [9.17, 15) is 9.90 Å². The summed E-state index contributed by atoms with van der Waals surface area (Å²) in [6, 6.07) is 6.16. The fourth-order valence-corrected chi connectivity index (χ4v) is 2.40. The van der Waals surface area contributed by atoms with Crippen molar-refractivity contribution in [3.8, 4) is 5.75 Å². The van der Waals surface area contributed by atoms with Crippen molar-refractivity contribution in [1.29, 1.82) is 0 Å². The summed E-state index contributed by atoms with van der Waals surface area (Å²) >= 11 is 2.25. The number of phenolic OH excluding ortho intramolecular Hbond substituents is 1. The lowest BCUT2D eigenvalue weighted by Gasteiger charge is -2.15.